The van der Waals surface area contributed by atoms with Crippen molar-refractivity contribution in [2.45, 2.75) is 51.0 Å². The van der Waals surface area contributed by atoms with Gasteiger partial charge in [-0.05, 0) is 135 Å². The Hall–Kier alpha value is -6.76. The fraction of sp³-hybridized carbons (Fsp3) is 0.357. The Morgan fingerprint density at radius 3 is 2.25 bits per heavy atom. The summed E-state index contributed by atoms with van der Waals surface area (Å²) in [5, 5.41) is 14.5. The molecule has 5 aromatic carbocycles. The van der Waals surface area contributed by atoms with Crippen LogP contribution in [-0.2, 0) is 33.7 Å². The average Bonchev–Trinajstić information content (AvgIpc) is 3.36. The van der Waals surface area contributed by atoms with E-state index in [1.54, 1.807) is 12.1 Å². The van der Waals surface area contributed by atoms with Crippen molar-refractivity contribution < 1.29 is 29.0 Å². The van der Waals surface area contributed by atoms with Crippen LogP contribution >= 0.6 is 0 Å². The van der Waals surface area contributed by atoms with Gasteiger partial charge in [0.2, 0.25) is 5.56 Å². The second-order valence-electron chi connectivity index (χ2n) is 18.9. The quantitative estimate of drug-likeness (QED) is 0.0633. The van der Waals surface area contributed by atoms with E-state index in [4.69, 9.17) is 9.47 Å². The van der Waals surface area contributed by atoms with Crippen LogP contribution in [0.15, 0.2) is 138 Å². The average molecular weight is 916 g/mol. The summed E-state index contributed by atoms with van der Waals surface area (Å²) in [5.74, 6) is -0.118. The number of carbonyl (C=O) groups excluding carboxylic acids is 3. The van der Waals surface area contributed by atoms with Crippen molar-refractivity contribution in [2.24, 2.45) is 11.3 Å². The lowest BCUT2D eigenvalue weighted by Gasteiger charge is -2.54. The first-order chi connectivity index (χ1) is 33.2. The molecule has 1 aromatic heterocycles. The maximum Gasteiger partial charge on any atom is 0.317 e. The van der Waals surface area contributed by atoms with E-state index >= 15 is 0 Å². The van der Waals surface area contributed by atoms with Gasteiger partial charge in [0.05, 0.1) is 12.1 Å². The Morgan fingerprint density at radius 2 is 1.47 bits per heavy atom. The van der Waals surface area contributed by atoms with Crippen LogP contribution < -0.4 is 15.6 Å². The number of nitrogens with zero attached hydrogens (tertiary/aromatic N) is 3. The van der Waals surface area contributed by atoms with Crippen LogP contribution in [0, 0.1) is 11.3 Å². The van der Waals surface area contributed by atoms with E-state index in [1.165, 1.54) is 11.6 Å². The molecule has 3 N–H and O–H groups in total. The summed E-state index contributed by atoms with van der Waals surface area (Å²) in [6.07, 6.45) is 5.36. The van der Waals surface area contributed by atoms with Crippen molar-refractivity contribution >= 4 is 28.7 Å². The Balaban J connectivity index is 0.717. The largest absolute Gasteiger partial charge is 0.506 e. The molecule has 3 aliphatic heterocycles. The molecule has 352 valence electrons. The van der Waals surface area contributed by atoms with Gasteiger partial charge in [-0.1, -0.05) is 91.0 Å². The van der Waals surface area contributed by atoms with Crippen LogP contribution in [0.25, 0.3) is 10.9 Å². The molecule has 0 aliphatic carbocycles. The molecule has 3 fully saturated rings. The number of ether oxygens (including phenoxy) is 2. The minimum Gasteiger partial charge on any atom is -0.506 e. The highest BCUT2D eigenvalue weighted by atomic mass is 16.5. The van der Waals surface area contributed by atoms with Crippen molar-refractivity contribution in [3.63, 3.8) is 0 Å². The van der Waals surface area contributed by atoms with Crippen molar-refractivity contribution in [1.29, 1.82) is 0 Å². The van der Waals surface area contributed by atoms with Gasteiger partial charge in [0.25, 0.3) is 11.8 Å². The number of phenols is 1. The zero-order valence-electron chi connectivity index (χ0n) is 38.6. The van der Waals surface area contributed by atoms with Gasteiger partial charge in [-0.25, -0.2) is 0 Å². The number of phenolic OH excluding ortho intramolecular Hbond substituents is 1. The number of pyridine rings is 1. The first kappa shape index (κ1) is 46.4. The Morgan fingerprint density at radius 1 is 0.750 bits per heavy atom. The first-order valence-electron chi connectivity index (χ1n) is 24.1. The molecule has 12 nitrogen and oxygen atoms in total. The summed E-state index contributed by atoms with van der Waals surface area (Å²) in [6, 6.07) is 42.2. The minimum absolute atomic E-state index is 0.0155. The normalized spacial score (nSPS) is 16.6. The summed E-state index contributed by atoms with van der Waals surface area (Å²) in [5.41, 5.74) is 5.83. The summed E-state index contributed by atoms with van der Waals surface area (Å²) < 4.78 is 12.1. The van der Waals surface area contributed by atoms with Crippen molar-refractivity contribution in [2.75, 3.05) is 65.6 Å². The summed E-state index contributed by atoms with van der Waals surface area (Å²) >= 11 is 0. The fourth-order valence-corrected chi connectivity index (χ4v) is 10.2. The summed E-state index contributed by atoms with van der Waals surface area (Å²) in [7, 11) is 0. The molecule has 2 amide bonds. The van der Waals surface area contributed by atoms with Crippen LogP contribution in [0.3, 0.4) is 0 Å². The number of likely N-dealkylation sites (tertiary alicyclic amines) is 3. The molecular formula is C56H61N5O7. The predicted molar refractivity (Wildman–Crippen MR) is 263 cm³/mol. The van der Waals surface area contributed by atoms with Crippen molar-refractivity contribution in [1.82, 2.24) is 25.0 Å². The number of piperidine rings is 2. The highest BCUT2D eigenvalue weighted by Crippen LogP contribution is 2.40. The maximum absolute atomic E-state index is 13.9. The van der Waals surface area contributed by atoms with Crippen LogP contribution in [0.1, 0.15) is 69.8 Å². The number of aromatic hydroxyl groups is 1. The number of amides is 2. The van der Waals surface area contributed by atoms with Gasteiger partial charge in [0.15, 0.2) is 6.61 Å². The van der Waals surface area contributed by atoms with E-state index in [-0.39, 0.29) is 41.1 Å². The molecule has 9 rings (SSSR count). The van der Waals surface area contributed by atoms with Gasteiger partial charge in [0, 0.05) is 55.2 Å². The summed E-state index contributed by atoms with van der Waals surface area (Å²) in [6.45, 7) is 7.13. The van der Waals surface area contributed by atoms with E-state index in [1.807, 2.05) is 101 Å². The molecule has 68 heavy (non-hydrogen) atoms. The standard InChI is InChI=1S/C56H61N5O7/c62-49-21-19-43(48-20-22-50(63)58-53(48)49)24-29-57-28-23-40-15-17-45(18-16-40)54(65)60-30-8-27-56(37-60)38-61(39-56)51(64)36-67-47-14-7-13-46(33-47)52(44-11-5-2-6-12-44)55(66)68-35-42-25-31-59(32-26-42)34-41-9-3-1-4-10-41/h1-7,9-22,33,42,52,57,62H,8,23-32,34-39H2,(H,58,63). The third-order valence-electron chi connectivity index (χ3n) is 14.0. The lowest BCUT2D eigenvalue weighted by Crippen LogP contribution is -2.65. The van der Waals surface area contributed by atoms with Crippen molar-refractivity contribution in [3.05, 3.63) is 177 Å². The predicted octanol–water partition coefficient (Wildman–Crippen LogP) is 7.34. The van der Waals surface area contributed by atoms with Gasteiger partial charge < -0.3 is 34.7 Å². The second kappa shape index (κ2) is 21.5. The van der Waals surface area contributed by atoms with Gasteiger partial charge in [-0.2, -0.15) is 0 Å². The number of aromatic nitrogens is 1. The molecule has 12 heteroatoms. The van der Waals surface area contributed by atoms with E-state index in [2.05, 4.69) is 39.5 Å². The van der Waals surface area contributed by atoms with Gasteiger partial charge in [-0.15, -0.1) is 0 Å². The number of carbonyl (C=O) groups is 3. The third-order valence-corrected chi connectivity index (χ3v) is 14.0. The molecule has 0 radical (unpaired) electrons. The molecular weight excluding hydrogens is 855 g/mol. The van der Waals surface area contributed by atoms with Crippen LogP contribution in [-0.4, -0.2) is 108 Å². The van der Waals surface area contributed by atoms with E-state index in [0.717, 1.165) is 98.9 Å². The third kappa shape index (κ3) is 11.3. The molecule has 1 spiro atoms. The molecule has 4 heterocycles. The number of aromatic amines is 1. The van der Waals surface area contributed by atoms with Gasteiger partial charge in [-0.3, -0.25) is 24.1 Å². The van der Waals surface area contributed by atoms with Crippen LogP contribution in [0.4, 0.5) is 0 Å². The second-order valence-corrected chi connectivity index (χ2v) is 18.9. The molecule has 1 unspecified atom stereocenters. The van der Waals surface area contributed by atoms with Crippen LogP contribution in [0.5, 0.6) is 11.5 Å². The van der Waals surface area contributed by atoms with E-state index < -0.39 is 5.92 Å². The molecule has 0 bridgehead atoms. The summed E-state index contributed by atoms with van der Waals surface area (Å²) in [4.78, 5) is 61.7. The molecule has 0 saturated carbocycles. The van der Waals surface area contributed by atoms with E-state index in [9.17, 15) is 24.3 Å². The fourth-order valence-electron chi connectivity index (χ4n) is 10.2. The molecule has 3 aliphatic rings. The number of esters is 1. The number of hydrogen-bond donors (Lipinski definition) is 3. The molecule has 1 atom stereocenters. The highest BCUT2D eigenvalue weighted by molar-refractivity contribution is 5.94. The first-order valence-corrected chi connectivity index (χ1v) is 24.1. The highest BCUT2D eigenvalue weighted by Gasteiger charge is 2.48. The smallest absolute Gasteiger partial charge is 0.317 e. The van der Waals surface area contributed by atoms with Gasteiger partial charge >= 0.3 is 5.97 Å². The lowest BCUT2D eigenvalue weighted by molar-refractivity contribution is -0.149. The van der Waals surface area contributed by atoms with Crippen LogP contribution in [0.2, 0.25) is 0 Å². The number of hydrogen-bond acceptors (Lipinski definition) is 9. The topological polar surface area (TPSA) is 145 Å². The number of rotatable bonds is 17. The number of H-pyrrole nitrogens is 1. The number of benzene rings is 5. The maximum atomic E-state index is 13.9. The Kier molecular flexibility index (Phi) is 14.6. The molecule has 6 aromatic rings. The Bertz CT molecular complexity index is 2730. The molecule has 3 saturated heterocycles. The van der Waals surface area contributed by atoms with Gasteiger partial charge in [0.1, 0.15) is 17.4 Å². The lowest BCUT2D eigenvalue weighted by atomic mass is 9.73. The number of nitrogens with one attached hydrogen (secondary N) is 2. The zero-order valence-corrected chi connectivity index (χ0v) is 38.6. The van der Waals surface area contributed by atoms with E-state index in [0.29, 0.717) is 55.5 Å². The SMILES string of the molecule is O=C(OCC1CCN(Cc2ccccc2)CC1)C(c1ccccc1)c1cccc(OCC(=O)N2CC3(CCCN(C(=O)c4ccc(CCNCCc5ccc(O)c6[nH]c(=O)ccc56)cc4)C3)C2)c1. The number of fused-ring (bicyclic) bond motifs is 1. The zero-order chi connectivity index (χ0) is 46.9. The monoisotopic (exact) mass is 915 g/mol. The Labute approximate surface area is 397 Å². The minimum atomic E-state index is -0.631. The van der Waals surface area contributed by atoms with Crippen molar-refractivity contribution in [3.8, 4) is 11.5 Å².